The topological polar surface area (TPSA) is 98.5 Å². The van der Waals surface area contributed by atoms with E-state index in [9.17, 15) is 18.5 Å². The largest absolute Gasteiger partial charge is 0.381 e. The molecule has 1 aliphatic heterocycles. The fraction of sp³-hybridized carbons (Fsp3) is 0.368. The molecule has 0 spiro atoms. The van der Waals surface area contributed by atoms with Crippen molar-refractivity contribution in [2.75, 3.05) is 31.3 Å². The second-order valence-corrected chi connectivity index (χ2v) is 8.78. The zero-order chi connectivity index (χ0) is 19.5. The molecule has 0 bridgehead atoms. The van der Waals surface area contributed by atoms with Gasteiger partial charge in [0.15, 0.2) is 9.84 Å². The quantitative estimate of drug-likeness (QED) is 0.601. The summed E-state index contributed by atoms with van der Waals surface area (Å²) in [7, 11) is -3.71. The van der Waals surface area contributed by atoms with Crippen LogP contribution in [0.3, 0.4) is 0 Å². The first kappa shape index (κ1) is 19.3. The number of para-hydroxylation sites is 1. The van der Waals surface area contributed by atoms with Gasteiger partial charge in [0.1, 0.15) is 10.6 Å². The summed E-state index contributed by atoms with van der Waals surface area (Å²) in [6.07, 6.45) is 2.54. The number of benzene rings is 2. The summed E-state index contributed by atoms with van der Waals surface area (Å²) in [6, 6.07) is 14.3. The van der Waals surface area contributed by atoms with Crippen molar-refractivity contribution in [3.8, 4) is 0 Å². The lowest BCUT2D eigenvalue weighted by molar-refractivity contribution is -0.386. The van der Waals surface area contributed by atoms with Crippen LogP contribution in [0.2, 0.25) is 0 Å². The average Bonchev–Trinajstić information content (AvgIpc) is 2.66. The Morgan fingerprint density at radius 3 is 2.37 bits per heavy atom. The van der Waals surface area contributed by atoms with Crippen molar-refractivity contribution in [3.63, 3.8) is 0 Å². The van der Waals surface area contributed by atoms with Gasteiger partial charge in [0.05, 0.1) is 4.92 Å². The minimum atomic E-state index is -3.71. The van der Waals surface area contributed by atoms with Gasteiger partial charge in [-0.3, -0.25) is 10.1 Å². The molecule has 0 atom stereocenters. The van der Waals surface area contributed by atoms with Crippen LogP contribution in [0.15, 0.2) is 53.4 Å². The number of nitrogens with one attached hydrogen (secondary N) is 1. The molecule has 3 rings (SSSR count). The van der Waals surface area contributed by atoms with Gasteiger partial charge in [-0.05, 0) is 30.5 Å². The van der Waals surface area contributed by atoms with E-state index in [1.165, 1.54) is 12.1 Å². The molecule has 7 nitrogen and oxygen atoms in total. The first-order valence-electron chi connectivity index (χ1n) is 8.68. The fourth-order valence-corrected chi connectivity index (χ4v) is 4.40. The third-order valence-electron chi connectivity index (χ3n) is 5.03. The molecule has 1 aliphatic rings. The van der Waals surface area contributed by atoms with Gasteiger partial charge in [0.25, 0.3) is 0 Å². The third kappa shape index (κ3) is 4.12. The Kier molecular flexibility index (Phi) is 5.48. The Morgan fingerprint density at radius 1 is 1.11 bits per heavy atom. The number of anilines is 1. The standard InChI is InChI=1S/C19H22N2O5S/c1-27(24,25)17-9-5-8-16(18(17)21(22)23)20-14-19(10-12-26-13-11-19)15-6-3-2-4-7-15/h2-9,20H,10-14H2,1H3. The van der Waals surface area contributed by atoms with Crippen molar-refractivity contribution < 1.29 is 18.1 Å². The van der Waals surface area contributed by atoms with E-state index in [0.717, 1.165) is 24.7 Å². The summed E-state index contributed by atoms with van der Waals surface area (Å²) in [5, 5.41) is 14.7. The van der Waals surface area contributed by atoms with Crippen LogP contribution in [0.5, 0.6) is 0 Å². The molecule has 0 aliphatic carbocycles. The highest BCUT2D eigenvalue weighted by molar-refractivity contribution is 7.90. The summed E-state index contributed by atoms with van der Waals surface area (Å²) in [5.41, 5.74) is 0.719. The normalized spacial score (nSPS) is 16.6. The lowest BCUT2D eigenvalue weighted by Gasteiger charge is -2.38. The van der Waals surface area contributed by atoms with Crippen molar-refractivity contribution in [2.45, 2.75) is 23.2 Å². The zero-order valence-corrected chi connectivity index (χ0v) is 15.9. The second kappa shape index (κ2) is 7.66. The molecule has 1 fully saturated rings. The highest BCUT2D eigenvalue weighted by atomic mass is 32.2. The Hall–Kier alpha value is -2.45. The average molecular weight is 390 g/mol. The summed E-state index contributed by atoms with van der Waals surface area (Å²) >= 11 is 0. The molecule has 2 aromatic carbocycles. The third-order valence-corrected chi connectivity index (χ3v) is 6.16. The number of nitro benzene ring substituents is 1. The summed E-state index contributed by atoms with van der Waals surface area (Å²) in [6.45, 7) is 1.68. The van der Waals surface area contributed by atoms with Crippen molar-refractivity contribution in [1.82, 2.24) is 0 Å². The van der Waals surface area contributed by atoms with Gasteiger partial charge in [-0.1, -0.05) is 36.4 Å². The van der Waals surface area contributed by atoms with Crippen LogP contribution in [0.25, 0.3) is 0 Å². The lowest BCUT2D eigenvalue weighted by Crippen LogP contribution is -2.40. The van der Waals surface area contributed by atoms with E-state index in [0.29, 0.717) is 19.8 Å². The van der Waals surface area contributed by atoms with E-state index >= 15 is 0 Å². The Labute approximate surface area is 158 Å². The smallest absolute Gasteiger partial charge is 0.310 e. The molecule has 1 heterocycles. The summed E-state index contributed by atoms with van der Waals surface area (Å²) < 4.78 is 29.4. The molecule has 1 saturated heterocycles. The molecule has 0 radical (unpaired) electrons. The number of sulfone groups is 1. The number of hydrogen-bond acceptors (Lipinski definition) is 6. The molecular formula is C19H22N2O5S. The van der Waals surface area contributed by atoms with Crippen LogP contribution in [0, 0.1) is 10.1 Å². The number of nitrogens with zero attached hydrogens (tertiary/aromatic N) is 1. The second-order valence-electron chi connectivity index (χ2n) is 6.79. The van der Waals surface area contributed by atoms with Gasteiger partial charge in [0.2, 0.25) is 0 Å². The fourth-order valence-electron chi connectivity index (χ4n) is 3.54. The highest BCUT2D eigenvalue weighted by Gasteiger charge is 2.35. The van der Waals surface area contributed by atoms with E-state index in [1.807, 2.05) is 30.3 Å². The molecule has 0 unspecified atom stereocenters. The SMILES string of the molecule is CS(=O)(=O)c1cccc(NCC2(c3ccccc3)CCOCC2)c1[N+](=O)[O-]. The van der Waals surface area contributed by atoms with Crippen LogP contribution >= 0.6 is 0 Å². The Bertz CT molecular complexity index is 922. The maximum atomic E-state index is 12.0. The van der Waals surface area contributed by atoms with E-state index in [-0.39, 0.29) is 16.0 Å². The monoisotopic (exact) mass is 390 g/mol. The van der Waals surface area contributed by atoms with Crippen LogP contribution in [-0.2, 0) is 20.0 Å². The first-order chi connectivity index (χ1) is 12.8. The molecule has 0 amide bonds. The maximum Gasteiger partial charge on any atom is 0.310 e. The van der Waals surface area contributed by atoms with Gasteiger partial charge in [-0.15, -0.1) is 0 Å². The predicted octanol–water partition coefficient (Wildman–Crippen LogP) is 3.16. The van der Waals surface area contributed by atoms with Gasteiger partial charge in [-0.25, -0.2) is 8.42 Å². The number of ether oxygens (including phenoxy) is 1. The molecular weight excluding hydrogens is 368 g/mol. The molecule has 27 heavy (non-hydrogen) atoms. The molecule has 144 valence electrons. The van der Waals surface area contributed by atoms with E-state index in [2.05, 4.69) is 5.32 Å². The zero-order valence-electron chi connectivity index (χ0n) is 15.1. The van der Waals surface area contributed by atoms with E-state index in [4.69, 9.17) is 4.74 Å². The Morgan fingerprint density at radius 2 is 1.78 bits per heavy atom. The number of hydrogen-bond donors (Lipinski definition) is 1. The van der Waals surface area contributed by atoms with Gasteiger partial charge < -0.3 is 10.1 Å². The van der Waals surface area contributed by atoms with Crippen molar-refractivity contribution in [2.24, 2.45) is 0 Å². The minimum Gasteiger partial charge on any atom is -0.381 e. The predicted molar refractivity (Wildman–Crippen MR) is 103 cm³/mol. The van der Waals surface area contributed by atoms with Gasteiger partial charge in [-0.2, -0.15) is 0 Å². The molecule has 8 heteroatoms. The van der Waals surface area contributed by atoms with Crippen molar-refractivity contribution in [1.29, 1.82) is 0 Å². The van der Waals surface area contributed by atoms with Crippen LogP contribution in [-0.4, -0.2) is 39.4 Å². The molecule has 2 aromatic rings. The number of rotatable bonds is 6. The van der Waals surface area contributed by atoms with Crippen molar-refractivity contribution in [3.05, 3.63) is 64.2 Å². The number of nitro groups is 1. The van der Waals surface area contributed by atoms with Crippen molar-refractivity contribution >= 4 is 21.2 Å². The molecule has 1 N–H and O–H groups in total. The van der Waals surface area contributed by atoms with Crippen LogP contribution in [0.1, 0.15) is 18.4 Å². The molecule has 0 aromatic heterocycles. The summed E-state index contributed by atoms with van der Waals surface area (Å²) in [5.74, 6) is 0. The van der Waals surface area contributed by atoms with Gasteiger partial charge >= 0.3 is 5.69 Å². The first-order valence-corrected chi connectivity index (χ1v) is 10.6. The lowest BCUT2D eigenvalue weighted by atomic mass is 9.74. The highest BCUT2D eigenvalue weighted by Crippen LogP contribution is 2.37. The van der Waals surface area contributed by atoms with Crippen LogP contribution in [0.4, 0.5) is 11.4 Å². The van der Waals surface area contributed by atoms with E-state index < -0.39 is 20.4 Å². The Balaban J connectivity index is 1.96. The van der Waals surface area contributed by atoms with E-state index in [1.54, 1.807) is 6.07 Å². The van der Waals surface area contributed by atoms with Crippen LogP contribution < -0.4 is 5.32 Å². The minimum absolute atomic E-state index is 0.213. The maximum absolute atomic E-state index is 12.0. The van der Waals surface area contributed by atoms with Gasteiger partial charge in [0, 0.05) is 31.4 Å². The summed E-state index contributed by atoms with van der Waals surface area (Å²) in [4.78, 5) is 10.7. The molecule has 0 saturated carbocycles.